The third-order valence-electron chi connectivity index (χ3n) is 6.15. The number of alkyl halides is 3. The van der Waals surface area contributed by atoms with E-state index in [0.29, 0.717) is 18.7 Å². The van der Waals surface area contributed by atoms with Crippen molar-refractivity contribution in [2.24, 2.45) is 0 Å². The molecule has 4 rings (SSSR count). The van der Waals surface area contributed by atoms with E-state index in [9.17, 15) is 37.5 Å². The van der Waals surface area contributed by atoms with Gasteiger partial charge in [-0.3, -0.25) is 14.5 Å². The Balaban J connectivity index is 0.000000559. The first-order valence-electron chi connectivity index (χ1n) is 11.9. The van der Waals surface area contributed by atoms with Gasteiger partial charge in [0.1, 0.15) is 23.7 Å². The number of aliphatic carboxylic acids is 2. The zero-order chi connectivity index (χ0) is 29.6. The Kier molecular flexibility index (Phi) is 10.0. The van der Waals surface area contributed by atoms with Crippen LogP contribution in [0, 0.1) is 0 Å². The Morgan fingerprint density at radius 3 is 2.23 bits per heavy atom. The molecule has 0 bridgehead atoms. The topological polar surface area (TPSA) is 157 Å². The van der Waals surface area contributed by atoms with Gasteiger partial charge in [0.05, 0.1) is 6.42 Å². The van der Waals surface area contributed by atoms with Crippen LogP contribution in [0.1, 0.15) is 5.56 Å². The summed E-state index contributed by atoms with van der Waals surface area (Å²) >= 11 is 1.35. The maximum Gasteiger partial charge on any atom is 0.490 e. The number of β-lactam (4-membered cyclic amide) rings is 1. The zero-order valence-corrected chi connectivity index (χ0v) is 22.0. The maximum absolute atomic E-state index is 12.7. The van der Waals surface area contributed by atoms with E-state index in [1.165, 1.54) is 16.7 Å². The molecule has 1 aromatic carbocycles. The summed E-state index contributed by atoms with van der Waals surface area (Å²) in [5, 5.41) is 19.1. The fourth-order valence-electron chi connectivity index (χ4n) is 4.03. The van der Waals surface area contributed by atoms with E-state index in [-0.39, 0.29) is 30.4 Å². The number of likely N-dealkylation sites (N-methyl/N-ethyl adjacent to an activating group) is 1. The molecule has 0 aromatic heterocycles. The van der Waals surface area contributed by atoms with E-state index in [1.807, 2.05) is 37.4 Å². The predicted molar refractivity (Wildman–Crippen MR) is 134 cm³/mol. The molecule has 40 heavy (non-hydrogen) atoms. The molecule has 0 radical (unpaired) electrons. The third-order valence-corrected chi connectivity index (χ3v) is 7.49. The fourth-order valence-corrected chi connectivity index (χ4v) is 5.36. The number of fused-ring (bicyclic) bond motifs is 1. The second-order valence-corrected chi connectivity index (χ2v) is 10.1. The minimum Gasteiger partial charge on any atom is -0.477 e. The standard InChI is InChI=1S/C22H26N4O6S.C2HF3O2/c1-24-7-9-25(10-8-24)22(31)32-12-15-13-33-20-17(19(28)26(20)18(15)21(29)30)23-16(27)11-14-5-3-2-4-6-14;3-2(4,5)1(6)7/h2-6,17,20H,7-13H2,1H3,(H,23,27)(H,29,30);(H,6,7)/t17?,20-;/m0./s1. The molecule has 3 heterocycles. The monoisotopic (exact) mass is 588 g/mol. The molecule has 3 aliphatic rings. The van der Waals surface area contributed by atoms with Gasteiger partial charge >= 0.3 is 24.2 Å². The number of carbonyl (C=O) groups is 5. The first-order chi connectivity index (χ1) is 18.8. The van der Waals surface area contributed by atoms with Crippen LogP contribution >= 0.6 is 11.8 Å². The number of hydrogen-bond acceptors (Lipinski definition) is 8. The predicted octanol–water partition coefficient (Wildman–Crippen LogP) is 0.985. The van der Waals surface area contributed by atoms with Crippen molar-refractivity contribution in [2.75, 3.05) is 45.6 Å². The molecule has 2 fully saturated rings. The average molecular weight is 589 g/mol. The van der Waals surface area contributed by atoms with Gasteiger partial charge in [0.25, 0.3) is 5.91 Å². The minimum absolute atomic E-state index is 0.136. The van der Waals surface area contributed by atoms with Crippen LogP contribution in [0.2, 0.25) is 0 Å². The summed E-state index contributed by atoms with van der Waals surface area (Å²) in [6.07, 6.45) is -5.44. The summed E-state index contributed by atoms with van der Waals surface area (Å²) in [4.78, 5) is 63.2. The van der Waals surface area contributed by atoms with Gasteiger partial charge in [-0.05, 0) is 12.6 Å². The lowest BCUT2D eigenvalue weighted by Gasteiger charge is -2.49. The Morgan fingerprint density at radius 1 is 1.07 bits per heavy atom. The Labute approximate surface area is 230 Å². The van der Waals surface area contributed by atoms with Crippen LogP contribution < -0.4 is 5.32 Å². The maximum atomic E-state index is 12.7. The van der Waals surface area contributed by atoms with Crippen LogP contribution in [-0.4, -0.2) is 118 Å². The number of piperazine rings is 1. The van der Waals surface area contributed by atoms with Gasteiger partial charge in [-0.1, -0.05) is 30.3 Å². The van der Waals surface area contributed by atoms with Crippen LogP contribution in [0.15, 0.2) is 41.6 Å². The number of rotatable bonds is 6. The molecular weight excluding hydrogens is 561 g/mol. The van der Waals surface area contributed by atoms with E-state index < -0.39 is 41.5 Å². The molecule has 0 aliphatic carbocycles. The van der Waals surface area contributed by atoms with E-state index in [2.05, 4.69) is 10.2 Å². The third kappa shape index (κ3) is 7.65. The van der Waals surface area contributed by atoms with Gasteiger partial charge < -0.3 is 30.1 Å². The fraction of sp³-hybridized carbons (Fsp3) is 0.458. The first kappa shape index (κ1) is 30.7. The summed E-state index contributed by atoms with van der Waals surface area (Å²) < 4.78 is 37.1. The van der Waals surface area contributed by atoms with Crippen LogP contribution in [-0.2, 0) is 30.3 Å². The smallest absolute Gasteiger partial charge is 0.477 e. The summed E-state index contributed by atoms with van der Waals surface area (Å²) in [6, 6.07) is 8.38. The van der Waals surface area contributed by atoms with Crippen LogP contribution in [0.4, 0.5) is 18.0 Å². The second kappa shape index (κ2) is 13.0. The molecule has 2 atom stereocenters. The molecule has 218 valence electrons. The van der Waals surface area contributed by atoms with Gasteiger partial charge in [0.15, 0.2) is 0 Å². The lowest BCUT2D eigenvalue weighted by molar-refractivity contribution is -0.192. The largest absolute Gasteiger partial charge is 0.490 e. The highest BCUT2D eigenvalue weighted by molar-refractivity contribution is 8.00. The Bertz CT molecular complexity index is 1170. The molecule has 3 amide bonds. The van der Waals surface area contributed by atoms with Gasteiger partial charge in [-0.2, -0.15) is 13.2 Å². The highest BCUT2D eigenvalue weighted by atomic mass is 32.2. The van der Waals surface area contributed by atoms with Crippen molar-refractivity contribution < 1.29 is 52.1 Å². The van der Waals surface area contributed by atoms with Crippen LogP contribution in [0.25, 0.3) is 0 Å². The number of halogens is 3. The molecule has 16 heteroatoms. The molecule has 1 aromatic rings. The van der Waals surface area contributed by atoms with Gasteiger partial charge in [-0.25, -0.2) is 14.4 Å². The molecule has 2 saturated heterocycles. The highest BCUT2D eigenvalue weighted by Gasteiger charge is 2.54. The van der Waals surface area contributed by atoms with E-state index >= 15 is 0 Å². The number of carbonyl (C=O) groups excluding carboxylic acids is 3. The SMILES string of the molecule is CN1CCN(C(=O)OCC2=C(C(=O)O)N3C(=O)C(NC(=O)Cc4ccccc4)[C@@H]3SC2)CC1.O=C(O)C(F)(F)F. The summed E-state index contributed by atoms with van der Waals surface area (Å²) in [6.45, 7) is 2.39. The van der Waals surface area contributed by atoms with Crippen molar-refractivity contribution in [3.05, 3.63) is 47.2 Å². The van der Waals surface area contributed by atoms with E-state index in [1.54, 1.807) is 4.90 Å². The van der Waals surface area contributed by atoms with Gasteiger partial charge in [0.2, 0.25) is 5.91 Å². The highest BCUT2D eigenvalue weighted by Crippen LogP contribution is 2.40. The number of carboxylic acids is 2. The minimum atomic E-state index is -5.08. The molecule has 12 nitrogen and oxygen atoms in total. The van der Waals surface area contributed by atoms with Gasteiger partial charge in [0, 0.05) is 37.5 Å². The summed E-state index contributed by atoms with van der Waals surface area (Å²) in [7, 11) is 1.98. The lowest BCUT2D eigenvalue weighted by Crippen LogP contribution is -2.70. The number of carboxylic acid groups (broad SMARTS) is 2. The lowest BCUT2D eigenvalue weighted by atomic mass is 10.0. The van der Waals surface area contributed by atoms with Crippen molar-refractivity contribution in [3.63, 3.8) is 0 Å². The van der Waals surface area contributed by atoms with Crippen LogP contribution in [0.3, 0.4) is 0 Å². The zero-order valence-electron chi connectivity index (χ0n) is 21.2. The number of ether oxygens (including phenoxy) is 1. The summed E-state index contributed by atoms with van der Waals surface area (Å²) in [5.41, 5.74) is 1.03. The van der Waals surface area contributed by atoms with E-state index in [0.717, 1.165) is 18.7 Å². The van der Waals surface area contributed by atoms with E-state index in [4.69, 9.17) is 14.6 Å². The van der Waals surface area contributed by atoms with Crippen molar-refractivity contribution in [2.45, 2.75) is 24.0 Å². The normalized spacial score (nSPS) is 20.9. The average Bonchev–Trinajstić information content (AvgIpc) is 2.90. The first-order valence-corrected chi connectivity index (χ1v) is 13.0. The van der Waals surface area contributed by atoms with Crippen molar-refractivity contribution in [1.82, 2.24) is 20.0 Å². The van der Waals surface area contributed by atoms with Crippen molar-refractivity contribution >= 4 is 41.6 Å². The summed E-state index contributed by atoms with van der Waals surface area (Å²) in [5.74, 6) is -4.50. The number of hydrogen-bond donors (Lipinski definition) is 3. The quantitative estimate of drug-likeness (QED) is 0.410. The molecule has 0 spiro atoms. The number of benzene rings is 1. The second-order valence-electron chi connectivity index (χ2n) is 9.02. The number of thioether (sulfide) groups is 1. The Hall–Kier alpha value is -3.79. The molecule has 0 saturated carbocycles. The van der Waals surface area contributed by atoms with Gasteiger partial charge in [-0.15, -0.1) is 11.8 Å². The molecule has 3 aliphatic heterocycles. The number of nitrogens with one attached hydrogen (secondary N) is 1. The van der Waals surface area contributed by atoms with Crippen molar-refractivity contribution in [1.29, 1.82) is 0 Å². The molecule has 3 N–H and O–H groups in total. The molecular formula is C24H27F3N4O8S. The Morgan fingerprint density at radius 2 is 1.68 bits per heavy atom. The number of amides is 3. The number of nitrogens with zero attached hydrogens (tertiary/aromatic N) is 3. The van der Waals surface area contributed by atoms with Crippen molar-refractivity contribution in [3.8, 4) is 0 Å². The van der Waals surface area contributed by atoms with Crippen LogP contribution in [0.5, 0.6) is 0 Å². The molecule has 1 unspecified atom stereocenters.